The molecule has 140 valence electrons. The standard InChI is InChI=1S/C20H26N2O4/c1-26-20(16-7-14-6-15(9-16)10-17(20)8-14)12-21-19(23)11-13-2-4-18(5-3-13)22(24)25/h2-5,14-17H,6-12H2,1H3,(H,21,23). The third-order valence-corrected chi connectivity index (χ3v) is 6.97. The highest BCUT2D eigenvalue weighted by atomic mass is 16.6. The fourth-order valence-corrected chi connectivity index (χ4v) is 5.90. The first kappa shape index (κ1) is 17.5. The molecule has 4 aliphatic carbocycles. The van der Waals surface area contributed by atoms with Crippen LogP contribution < -0.4 is 5.32 Å². The van der Waals surface area contributed by atoms with Crippen LogP contribution in [0.3, 0.4) is 0 Å². The number of non-ortho nitro benzene ring substituents is 1. The van der Waals surface area contributed by atoms with Gasteiger partial charge in [-0.1, -0.05) is 12.1 Å². The summed E-state index contributed by atoms with van der Waals surface area (Å²) in [6.45, 7) is 0.574. The summed E-state index contributed by atoms with van der Waals surface area (Å²) in [6.07, 6.45) is 6.56. The SMILES string of the molecule is COC1(CNC(=O)Cc2ccc([N+](=O)[O-])cc2)C2CC3CC(C2)CC1C3. The molecular weight excluding hydrogens is 332 g/mol. The van der Waals surface area contributed by atoms with E-state index < -0.39 is 4.92 Å². The van der Waals surface area contributed by atoms with Gasteiger partial charge in [0.15, 0.2) is 0 Å². The molecule has 4 saturated carbocycles. The van der Waals surface area contributed by atoms with Gasteiger partial charge < -0.3 is 10.1 Å². The maximum absolute atomic E-state index is 12.4. The molecule has 0 atom stereocenters. The summed E-state index contributed by atoms with van der Waals surface area (Å²) in [5, 5.41) is 13.8. The number of rotatable bonds is 6. The van der Waals surface area contributed by atoms with E-state index in [4.69, 9.17) is 4.74 Å². The minimum Gasteiger partial charge on any atom is -0.376 e. The molecule has 0 spiro atoms. The highest BCUT2D eigenvalue weighted by molar-refractivity contribution is 5.78. The lowest BCUT2D eigenvalue weighted by Crippen LogP contribution is -2.63. The smallest absolute Gasteiger partial charge is 0.269 e. The molecule has 26 heavy (non-hydrogen) atoms. The van der Waals surface area contributed by atoms with Crippen LogP contribution in [0.2, 0.25) is 0 Å². The van der Waals surface area contributed by atoms with Gasteiger partial charge in [0.1, 0.15) is 0 Å². The molecule has 4 bridgehead atoms. The minimum absolute atomic E-state index is 0.0427. The number of nitro groups is 1. The third-order valence-electron chi connectivity index (χ3n) is 6.97. The number of hydrogen-bond donors (Lipinski definition) is 1. The number of nitrogens with one attached hydrogen (secondary N) is 1. The average molecular weight is 358 g/mol. The number of nitrogens with zero attached hydrogens (tertiary/aromatic N) is 1. The topological polar surface area (TPSA) is 81.5 Å². The Morgan fingerprint density at radius 1 is 1.15 bits per heavy atom. The molecule has 1 N–H and O–H groups in total. The van der Waals surface area contributed by atoms with Gasteiger partial charge in [0.25, 0.3) is 5.69 Å². The summed E-state index contributed by atoms with van der Waals surface area (Å²) in [4.78, 5) is 22.7. The third kappa shape index (κ3) is 3.00. The second-order valence-corrected chi connectivity index (χ2v) is 8.34. The van der Waals surface area contributed by atoms with Crippen molar-refractivity contribution in [2.45, 2.75) is 44.1 Å². The van der Waals surface area contributed by atoms with E-state index in [1.165, 1.54) is 44.2 Å². The summed E-state index contributed by atoms with van der Waals surface area (Å²) in [5.74, 6) is 2.78. The molecule has 1 aromatic carbocycles. The van der Waals surface area contributed by atoms with Gasteiger partial charge >= 0.3 is 0 Å². The van der Waals surface area contributed by atoms with Gasteiger partial charge in [-0.3, -0.25) is 14.9 Å². The quantitative estimate of drug-likeness (QED) is 0.626. The van der Waals surface area contributed by atoms with Gasteiger partial charge in [-0.15, -0.1) is 0 Å². The molecule has 0 radical (unpaired) electrons. The van der Waals surface area contributed by atoms with E-state index in [9.17, 15) is 14.9 Å². The Hall–Kier alpha value is -1.95. The first-order valence-corrected chi connectivity index (χ1v) is 9.55. The van der Waals surface area contributed by atoms with Crippen molar-refractivity contribution in [1.29, 1.82) is 0 Å². The number of amides is 1. The van der Waals surface area contributed by atoms with Crippen molar-refractivity contribution in [3.8, 4) is 0 Å². The number of carbonyl (C=O) groups excluding carboxylic acids is 1. The van der Waals surface area contributed by atoms with E-state index in [1.54, 1.807) is 19.2 Å². The highest BCUT2D eigenvalue weighted by Gasteiger charge is 2.57. The Balaban J connectivity index is 1.38. The van der Waals surface area contributed by atoms with Crippen molar-refractivity contribution < 1.29 is 14.5 Å². The summed E-state index contributed by atoms with van der Waals surface area (Å²) in [7, 11) is 1.80. The molecule has 5 rings (SSSR count). The zero-order valence-corrected chi connectivity index (χ0v) is 15.1. The fourth-order valence-electron chi connectivity index (χ4n) is 5.90. The van der Waals surface area contributed by atoms with Crippen LogP contribution >= 0.6 is 0 Å². The van der Waals surface area contributed by atoms with E-state index in [-0.39, 0.29) is 23.6 Å². The van der Waals surface area contributed by atoms with Crippen molar-refractivity contribution in [1.82, 2.24) is 5.32 Å². The molecule has 1 amide bonds. The number of ether oxygens (including phenoxy) is 1. The van der Waals surface area contributed by atoms with Crippen LogP contribution in [0.1, 0.15) is 37.7 Å². The first-order valence-electron chi connectivity index (χ1n) is 9.55. The number of nitro benzene ring substituents is 1. The number of benzene rings is 1. The van der Waals surface area contributed by atoms with E-state index in [1.807, 2.05) is 0 Å². The van der Waals surface area contributed by atoms with Crippen LogP contribution in [0, 0.1) is 33.8 Å². The molecule has 4 aliphatic rings. The molecule has 0 unspecified atom stereocenters. The van der Waals surface area contributed by atoms with Gasteiger partial charge in [-0.05, 0) is 61.3 Å². The number of hydrogen-bond acceptors (Lipinski definition) is 4. The van der Waals surface area contributed by atoms with Crippen molar-refractivity contribution >= 4 is 11.6 Å². The van der Waals surface area contributed by atoms with E-state index in [2.05, 4.69) is 5.32 Å². The van der Waals surface area contributed by atoms with Crippen LogP contribution in [-0.4, -0.2) is 30.1 Å². The van der Waals surface area contributed by atoms with Crippen LogP contribution in [-0.2, 0) is 16.0 Å². The molecule has 0 saturated heterocycles. The summed E-state index contributed by atoms with van der Waals surface area (Å²) >= 11 is 0. The Morgan fingerprint density at radius 2 is 1.73 bits per heavy atom. The van der Waals surface area contributed by atoms with Crippen molar-refractivity contribution in [2.75, 3.05) is 13.7 Å². The lowest BCUT2D eigenvalue weighted by molar-refractivity contribution is -0.384. The van der Waals surface area contributed by atoms with E-state index >= 15 is 0 Å². The Kier molecular flexibility index (Phi) is 4.47. The summed E-state index contributed by atoms with van der Waals surface area (Å²) in [6, 6.07) is 6.17. The zero-order valence-electron chi connectivity index (χ0n) is 15.1. The van der Waals surface area contributed by atoms with Gasteiger partial charge in [-0.25, -0.2) is 0 Å². The molecule has 0 aliphatic heterocycles. The predicted molar refractivity (Wildman–Crippen MR) is 96.6 cm³/mol. The molecule has 6 heteroatoms. The van der Waals surface area contributed by atoms with Gasteiger partial charge in [0.2, 0.25) is 5.91 Å². The van der Waals surface area contributed by atoms with Crippen molar-refractivity contribution in [2.24, 2.45) is 23.7 Å². The molecule has 0 aromatic heterocycles. The summed E-state index contributed by atoms with van der Waals surface area (Å²) in [5.41, 5.74) is 0.615. The molecule has 6 nitrogen and oxygen atoms in total. The Morgan fingerprint density at radius 3 is 2.23 bits per heavy atom. The number of methoxy groups -OCH3 is 1. The molecule has 4 fully saturated rings. The van der Waals surface area contributed by atoms with Gasteiger partial charge in [-0.2, -0.15) is 0 Å². The lowest BCUT2D eigenvalue weighted by Gasteiger charge is -2.60. The maximum Gasteiger partial charge on any atom is 0.269 e. The maximum atomic E-state index is 12.4. The van der Waals surface area contributed by atoms with Crippen molar-refractivity contribution in [3.05, 3.63) is 39.9 Å². The number of carbonyl (C=O) groups is 1. The molecule has 1 aromatic rings. The second kappa shape index (κ2) is 6.65. The van der Waals surface area contributed by atoms with E-state index in [0.717, 1.165) is 17.4 Å². The lowest BCUT2D eigenvalue weighted by atomic mass is 9.49. The largest absolute Gasteiger partial charge is 0.376 e. The monoisotopic (exact) mass is 358 g/mol. The normalized spacial score (nSPS) is 34.7. The Labute approximate surface area is 153 Å². The van der Waals surface area contributed by atoms with Crippen LogP contribution in [0.15, 0.2) is 24.3 Å². The second-order valence-electron chi connectivity index (χ2n) is 8.34. The fraction of sp³-hybridized carbons (Fsp3) is 0.650. The highest BCUT2D eigenvalue weighted by Crippen LogP contribution is 2.59. The van der Waals surface area contributed by atoms with Gasteiger partial charge in [0.05, 0.1) is 16.9 Å². The molecular formula is C20H26N2O4. The van der Waals surface area contributed by atoms with Crippen molar-refractivity contribution in [3.63, 3.8) is 0 Å². The van der Waals surface area contributed by atoms with Crippen LogP contribution in [0.5, 0.6) is 0 Å². The average Bonchev–Trinajstić information content (AvgIpc) is 2.62. The minimum atomic E-state index is -0.432. The van der Waals surface area contributed by atoms with Gasteiger partial charge in [0, 0.05) is 25.8 Å². The van der Waals surface area contributed by atoms with E-state index in [0.29, 0.717) is 18.4 Å². The summed E-state index contributed by atoms with van der Waals surface area (Å²) < 4.78 is 6.07. The molecule has 0 heterocycles. The Bertz CT molecular complexity index is 672. The predicted octanol–water partition coefficient (Wildman–Crippen LogP) is 3.09. The first-order chi connectivity index (χ1) is 12.5. The zero-order chi connectivity index (χ0) is 18.3. The van der Waals surface area contributed by atoms with Crippen LogP contribution in [0.4, 0.5) is 5.69 Å². The van der Waals surface area contributed by atoms with Crippen LogP contribution in [0.25, 0.3) is 0 Å².